The van der Waals surface area contributed by atoms with Gasteiger partial charge in [0.2, 0.25) is 10.0 Å². The second-order valence-corrected chi connectivity index (χ2v) is 13.9. The van der Waals surface area contributed by atoms with Gasteiger partial charge in [-0.3, -0.25) is 4.79 Å². The Bertz CT molecular complexity index is 1430. The Labute approximate surface area is 217 Å². The second kappa shape index (κ2) is 9.84. The first kappa shape index (κ1) is 27.8. The molecule has 1 amide bonds. The number of sulfone groups is 1. The molecule has 2 aromatic carbocycles. The lowest BCUT2D eigenvalue weighted by Crippen LogP contribution is -2.49. The van der Waals surface area contributed by atoms with E-state index in [0.717, 1.165) is 6.07 Å². The van der Waals surface area contributed by atoms with Gasteiger partial charge in [0.15, 0.2) is 27.3 Å². The molecule has 0 spiro atoms. The molecule has 8 nitrogen and oxygen atoms in total. The Morgan fingerprint density at radius 2 is 1.62 bits per heavy atom. The molecule has 14 heteroatoms. The van der Waals surface area contributed by atoms with Crippen molar-refractivity contribution in [2.24, 2.45) is 17.0 Å². The standard InChI is InChI=1S/C23H24ClF3N2O6S2/c24-17-4-1-12(22(30)29-15-10-18(25)21(27)19(26)11-15)7-20(17)37(34,35)16-8-13-2-3-14(9-16)23(13,31)5-6-36(28,32)33/h1,4,7,10-11,13-14,16,31H,2-3,5-6,8-9H2,(H,29,30)(H2,28,32,33)/t13-,14?,16?,23?/m0/s1. The number of fused-ring (bicyclic) bond motifs is 2. The lowest BCUT2D eigenvalue weighted by Gasteiger charge is -2.42. The van der Waals surface area contributed by atoms with Crippen molar-refractivity contribution in [1.29, 1.82) is 0 Å². The Hall–Kier alpha value is -2.19. The molecule has 202 valence electrons. The zero-order valence-corrected chi connectivity index (χ0v) is 21.6. The molecule has 0 heterocycles. The molecule has 0 aliphatic heterocycles. The summed E-state index contributed by atoms with van der Waals surface area (Å²) in [5, 5.41) is 17.4. The first-order valence-electron chi connectivity index (χ1n) is 11.3. The van der Waals surface area contributed by atoms with E-state index < -0.39 is 71.7 Å². The normalized spacial score (nSPS) is 25.7. The van der Waals surface area contributed by atoms with Crippen molar-refractivity contribution in [1.82, 2.24) is 0 Å². The zero-order valence-electron chi connectivity index (χ0n) is 19.3. The van der Waals surface area contributed by atoms with Crippen LogP contribution in [0, 0.1) is 29.3 Å². The summed E-state index contributed by atoms with van der Waals surface area (Å²) in [5.41, 5.74) is -1.89. The van der Waals surface area contributed by atoms with E-state index in [0.29, 0.717) is 25.0 Å². The number of rotatable bonds is 7. The number of nitrogens with two attached hydrogens (primary N) is 1. The Balaban J connectivity index is 1.56. The fraction of sp³-hybridized carbons (Fsp3) is 0.435. The highest BCUT2D eigenvalue weighted by molar-refractivity contribution is 7.92. The van der Waals surface area contributed by atoms with Gasteiger partial charge in [0.25, 0.3) is 5.91 Å². The van der Waals surface area contributed by atoms with Gasteiger partial charge in [0.1, 0.15) is 0 Å². The highest BCUT2D eigenvalue weighted by Gasteiger charge is 2.55. The number of carbonyl (C=O) groups excluding carboxylic acids is 1. The fourth-order valence-electron chi connectivity index (χ4n) is 5.45. The van der Waals surface area contributed by atoms with Gasteiger partial charge in [-0.25, -0.2) is 35.1 Å². The zero-order chi connectivity index (χ0) is 27.3. The summed E-state index contributed by atoms with van der Waals surface area (Å²) < 4.78 is 90.1. The van der Waals surface area contributed by atoms with Gasteiger partial charge in [-0.05, 0) is 62.1 Å². The SMILES string of the molecule is NS(=O)(=O)CCC1(O)C2CC[C@H]1CC(S(=O)(=O)c1cc(C(=O)Nc3cc(F)c(F)c(F)c3)ccc1Cl)C2. The molecule has 0 radical (unpaired) electrons. The Morgan fingerprint density at radius 1 is 1.05 bits per heavy atom. The van der Waals surface area contributed by atoms with Crippen LogP contribution in [-0.4, -0.2) is 44.5 Å². The van der Waals surface area contributed by atoms with Crippen LogP contribution in [0.25, 0.3) is 0 Å². The van der Waals surface area contributed by atoms with Crippen LogP contribution < -0.4 is 10.5 Å². The minimum absolute atomic E-state index is 0.0703. The van der Waals surface area contributed by atoms with Crippen molar-refractivity contribution in [2.45, 2.75) is 47.9 Å². The van der Waals surface area contributed by atoms with E-state index >= 15 is 0 Å². The Morgan fingerprint density at radius 3 is 2.16 bits per heavy atom. The molecule has 2 fully saturated rings. The summed E-state index contributed by atoms with van der Waals surface area (Å²) in [6, 6.07) is 4.64. The molecule has 4 atom stereocenters. The molecule has 2 bridgehead atoms. The number of aliphatic hydroxyl groups is 1. The first-order valence-corrected chi connectivity index (χ1v) is 15.0. The van der Waals surface area contributed by atoms with E-state index in [4.69, 9.17) is 16.7 Å². The fourth-order valence-corrected chi connectivity index (χ4v) is 8.46. The summed E-state index contributed by atoms with van der Waals surface area (Å²) in [6.45, 7) is 0. The molecular formula is C23H24ClF3N2O6S2. The third kappa shape index (κ3) is 5.51. The van der Waals surface area contributed by atoms with E-state index in [9.17, 15) is 39.9 Å². The predicted molar refractivity (Wildman–Crippen MR) is 130 cm³/mol. The smallest absolute Gasteiger partial charge is 0.255 e. The predicted octanol–water partition coefficient (Wildman–Crippen LogP) is 3.38. The molecule has 0 aromatic heterocycles. The van der Waals surface area contributed by atoms with Crippen LogP contribution >= 0.6 is 11.6 Å². The highest BCUT2D eigenvalue weighted by atomic mass is 35.5. The van der Waals surface area contributed by atoms with E-state index in [2.05, 4.69) is 5.32 Å². The van der Waals surface area contributed by atoms with Crippen LogP contribution in [0.1, 0.15) is 42.5 Å². The molecule has 2 saturated carbocycles. The minimum atomic E-state index is -4.10. The molecule has 2 aliphatic carbocycles. The quantitative estimate of drug-likeness (QED) is 0.428. The summed E-state index contributed by atoms with van der Waals surface area (Å²) in [7, 11) is -7.90. The van der Waals surface area contributed by atoms with Gasteiger partial charge in [-0.15, -0.1) is 0 Å². The summed E-state index contributed by atoms with van der Waals surface area (Å²) >= 11 is 6.19. The van der Waals surface area contributed by atoms with Crippen LogP contribution in [0.15, 0.2) is 35.2 Å². The van der Waals surface area contributed by atoms with E-state index in [-0.39, 0.29) is 40.4 Å². The van der Waals surface area contributed by atoms with Gasteiger partial charge in [0, 0.05) is 23.4 Å². The van der Waals surface area contributed by atoms with Gasteiger partial charge in [0.05, 0.1) is 26.5 Å². The molecule has 3 unspecified atom stereocenters. The average Bonchev–Trinajstić information content (AvgIpc) is 2.97. The summed E-state index contributed by atoms with van der Waals surface area (Å²) in [6.07, 6.45) is 1.11. The van der Waals surface area contributed by atoms with Crippen molar-refractivity contribution >= 4 is 43.1 Å². The third-order valence-corrected chi connectivity index (χ3v) is 10.8. The minimum Gasteiger partial charge on any atom is -0.389 e. The largest absolute Gasteiger partial charge is 0.389 e. The summed E-state index contributed by atoms with van der Waals surface area (Å²) in [4.78, 5) is 12.3. The number of carbonyl (C=O) groups is 1. The number of primary sulfonamides is 1. The lowest BCUT2D eigenvalue weighted by atomic mass is 9.73. The van der Waals surface area contributed by atoms with Crippen molar-refractivity contribution < 1.29 is 39.9 Å². The van der Waals surface area contributed by atoms with Crippen LogP contribution in [0.5, 0.6) is 0 Å². The number of nitrogens with one attached hydrogen (secondary N) is 1. The number of hydrogen-bond donors (Lipinski definition) is 3. The topological polar surface area (TPSA) is 144 Å². The lowest BCUT2D eigenvalue weighted by molar-refractivity contribution is -0.0603. The van der Waals surface area contributed by atoms with Crippen molar-refractivity contribution in [3.63, 3.8) is 0 Å². The number of amides is 1. The molecule has 37 heavy (non-hydrogen) atoms. The van der Waals surface area contributed by atoms with Gasteiger partial charge in [-0.2, -0.15) is 0 Å². The average molecular weight is 581 g/mol. The molecular weight excluding hydrogens is 557 g/mol. The van der Waals surface area contributed by atoms with E-state index in [1.807, 2.05) is 0 Å². The van der Waals surface area contributed by atoms with Gasteiger partial charge in [-0.1, -0.05) is 11.6 Å². The molecule has 2 aromatic rings. The maximum atomic E-state index is 13.6. The van der Waals surface area contributed by atoms with Gasteiger partial charge < -0.3 is 10.4 Å². The molecule has 0 saturated heterocycles. The molecule has 4 N–H and O–H groups in total. The third-order valence-electron chi connectivity index (χ3n) is 7.34. The van der Waals surface area contributed by atoms with Crippen molar-refractivity contribution in [3.05, 3.63) is 58.4 Å². The van der Waals surface area contributed by atoms with Crippen LogP contribution in [0.3, 0.4) is 0 Å². The van der Waals surface area contributed by atoms with Crippen LogP contribution in [0.4, 0.5) is 18.9 Å². The number of benzene rings is 2. The monoisotopic (exact) mass is 580 g/mol. The summed E-state index contributed by atoms with van der Waals surface area (Å²) in [5.74, 6) is -6.95. The Kier molecular flexibility index (Phi) is 7.40. The first-order chi connectivity index (χ1) is 17.1. The number of anilines is 1. The maximum absolute atomic E-state index is 13.6. The molecule has 2 aliphatic rings. The van der Waals surface area contributed by atoms with E-state index in [1.165, 1.54) is 12.1 Å². The van der Waals surface area contributed by atoms with Crippen molar-refractivity contribution in [2.75, 3.05) is 11.1 Å². The van der Waals surface area contributed by atoms with Crippen molar-refractivity contribution in [3.8, 4) is 0 Å². The highest BCUT2D eigenvalue weighted by Crippen LogP contribution is 2.53. The van der Waals surface area contributed by atoms with E-state index in [1.54, 1.807) is 0 Å². The maximum Gasteiger partial charge on any atom is 0.255 e. The van der Waals surface area contributed by atoms with Crippen LogP contribution in [0.2, 0.25) is 5.02 Å². The van der Waals surface area contributed by atoms with Crippen LogP contribution in [-0.2, 0) is 19.9 Å². The number of sulfonamides is 1. The number of halogens is 4. The van der Waals surface area contributed by atoms with Gasteiger partial charge >= 0.3 is 0 Å². The number of hydrogen-bond acceptors (Lipinski definition) is 6. The second-order valence-electron chi connectivity index (χ2n) is 9.57. The molecule has 4 rings (SSSR count).